The van der Waals surface area contributed by atoms with Crippen LogP contribution in [-0.4, -0.2) is 71.7 Å². The van der Waals surface area contributed by atoms with Crippen molar-refractivity contribution in [2.24, 2.45) is 0 Å². The van der Waals surface area contributed by atoms with Crippen molar-refractivity contribution in [3.05, 3.63) is 107 Å². The molecule has 0 N–H and O–H groups in total. The molecule has 472 valence electrons. The Kier molecular flexibility index (Phi) is 17.5. The SMILES string of the molecule is C=C1C(=O)N(C(CCCCCC)CCCCCCCC)C(=O)c2c(N3CCCC3)cc3c(c21)/c(=C\C)c1ccc2c4ccc5c6ccc7c8c(c(N9CCCCC9)cc(c9ccc(c%10ccc3c1c2%10)c4c59)c86)CC(=O)N(C(CCCCCC)CCCCCC)C7=O. The zero-order valence-electron chi connectivity index (χ0n) is 55.4. The molecule has 2 saturated heterocycles. The van der Waals surface area contributed by atoms with E-state index in [1.54, 1.807) is 9.80 Å². The molecule has 8 heteroatoms. The highest BCUT2D eigenvalue weighted by atomic mass is 16.2. The molecule has 4 aliphatic rings. The predicted molar refractivity (Wildman–Crippen MR) is 386 cm³/mol. The number of carbonyl (C=O) groups excluding carboxylic acids is 4. The third-order valence-electron chi connectivity index (χ3n) is 22.5. The van der Waals surface area contributed by atoms with Gasteiger partial charge in [-0.3, -0.25) is 29.0 Å². The first-order chi connectivity index (χ1) is 44.6. The van der Waals surface area contributed by atoms with Gasteiger partial charge in [-0.15, -0.1) is 0 Å². The number of hydrogen-bond acceptors (Lipinski definition) is 6. The lowest BCUT2D eigenvalue weighted by molar-refractivity contribution is -0.130. The zero-order chi connectivity index (χ0) is 62.6. The fourth-order valence-electron chi connectivity index (χ4n) is 18.0. The molecular weight excluding hydrogens is 1120 g/mol. The Morgan fingerprint density at radius 3 is 1.29 bits per heavy atom. The van der Waals surface area contributed by atoms with Crippen LogP contribution in [0.1, 0.15) is 240 Å². The molecule has 0 saturated carbocycles. The van der Waals surface area contributed by atoms with Gasteiger partial charge >= 0.3 is 0 Å². The molecule has 0 radical (unpaired) electrons. The predicted octanol–water partition coefficient (Wildman–Crippen LogP) is 21.0. The van der Waals surface area contributed by atoms with Gasteiger partial charge in [0.05, 0.1) is 17.7 Å². The van der Waals surface area contributed by atoms with Crippen molar-refractivity contribution >= 4 is 144 Å². The largest absolute Gasteiger partial charge is 0.371 e. The number of anilines is 2. The molecule has 0 spiro atoms. The Morgan fingerprint density at radius 2 is 0.780 bits per heavy atom. The molecule has 2 fully saturated rings. The van der Waals surface area contributed by atoms with E-state index in [4.69, 9.17) is 6.58 Å². The smallest absolute Gasteiger partial charge is 0.263 e. The van der Waals surface area contributed by atoms with E-state index >= 15 is 19.2 Å². The standard InChI is InChI=1S/C83H96N4O4/c1-7-12-16-20-21-26-34-54(33-25-19-15-10-4)87-81(89)52(6)72-73-55(11-5)56-35-36-57-58-37-38-61-62-43-44-65-79-68(51-71(88)86(82(65)90)53(31-23-17-13-8-2)32-24-18-14-9-3)69(84-45-27-22-28-46-84)49-66(78(62)79)63-41-39-60(76(58)77(61)63)59-40-42-64(74(56)75(57)59)67(73)50-70(80(72)83(87)91)85-47-29-30-48-85/h11,35-44,49-50,53-54H,6-10,12-34,45-48,51H2,1-5H3/b55-11-. The van der Waals surface area contributed by atoms with Crippen LogP contribution in [0.5, 0.6) is 0 Å². The zero-order valence-corrected chi connectivity index (χ0v) is 55.4. The first-order valence-corrected chi connectivity index (χ1v) is 36.3. The van der Waals surface area contributed by atoms with E-state index in [1.807, 2.05) is 0 Å². The Bertz CT molecular complexity index is 4510. The maximum atomic E-state index is 15.8. The monoisotopic (exact) mass is 1210 g/mol. The lowest BCUT2D eigenvalue weighted by Crippen LogP contribution is -2.48. The second-order valence-electron chi connectivity index (χ2n) is 28.1. The number of piperidine rings is 1. The Hall–Kier alpha value is -7.32. The van der Waals surface area contributed by atoms with Crippen molar-refractivity contribution in [3.63, 3.8) is 0 Å². The Morgan fingerprint density at radius 1 is 0.396 bits per heavy atom. The summed E-state index contributed by atoms with van der Waals surface area (Å²) in [7, 11) is 0. The average molecular weight is 1210 g/mol. The van der Waals surface area contributed by atoms with Crippen molar-refractivity contribution in [2.75, 3.05) is 36.0 Å². The van der Waals surface area contributed by atoms with Crippen LogP contribution in [0.4, 0.5) is 11.4 Å². The summed E-state index contributed by atoms with van der Waals surface area (Å²) >= 11 is 0. The van der Waals surface area contributed by atoms with Gasteiger partial charge in [-0.25, -0.2) is 0 Å². The van der Waals surface area contributed by atoms with Crippen LogP contribution in [-0.2, 0) is 16.0 Å². The van der Waals surface area contributed by atoms with Gasteiger partial charge in [0.1, 0.15) is 0 Å². The highest BCUT2D eigenvalue weighted by Gasteiger charge is 2.43. The van der Waals surface area contributed by atoms with E-state index in [9.17, 15) is 0 Å². The van der Waals surface area contributed by atoms with Gasteiger partial charge < -0.3 is 9.80 Å². The van der Waals surface area contributed by atoms with Crippen molar-refractivity contribution in [3.8, 4) is 0 Å². The molecule has 8 nitrogen and oxygen atoms in total. The average Bonchev–Trinajstić information content (AvgIpc) is 1.05. The second kappa shape index (κ2) is 26.0. The van der Waals surface area contributed by atoms with Crippen LogP contribution >= 0.6 is 0 Å². The molecule has 4 aliphatic heterocycles. The lowest BCUT2D eigenvalue weighted by atomic mass is 9.79. The number of benzene rings is 10. The number of unbranched alkanes of at least 4 members (excludes halogenated alkanes) is 14. The summed E-state index contributed by atoms with van der Waals surface area (Å²) < 4.78 is 0. The highest BCUT2D eigenvalue weighted by molar-refractivity contribution is 6.46. The Labute approximate surface area is 539 Å². The van der Waals surface area contributed by atoms with Crippen LogP contribution in [0.15, 0.2) is 79.4 Å². The number of amides is 4. The van der Waals surface area contributed by atoms with E-state index in [-0.39, 0.29) is 42.1 Å². The first-order valence-electron chi connectivity index (χ1n) is 36.3. The summed E-state index contributed by atoms with van der Waals surface area (Å²) in [6, 6.07) is 27.6. The normalized spacial score (nSPS) is 16.6. The van der Waals surface area contributed by atoms with Gasteiger partial charge in [-0.05, 0) is 185 Å². The summed E-state index contributed by atoms with van der Waals surface area (Å²) in [4.78, 5) is 70.3. The van der Waals surface area contributed by atoms with E-state index in [2.05, 4.69) is 123 Å². The summed E-state index contributed by atoms with van der Waals surface area (Å²) in [5.74, 6) is -0.538. The van der Waals surface area contributed by atoms with Crippen LogP contribution < -0.4 is 15.0 Å². The van der Waals surface area contributed by atoms with Gasteiger partial charge in [0, 0.05) is 66.0 Å². The van der Waals surface area contributed by atoms with Crippen molar-refractivity contribution in [2.45, 2.75) is 226 Å². The van der Waals surface area contributed by atoms with Crippen LogP contribution in [0.3, 0.4) is 0 Å². The molecule has 91 heavy (non-hydrogen) atoms. The minimum atomic E-state index is -0.227. The Balaban J connectivity index is 0.954. The summed E-state index contributed by atoms with van der Waals surface area (Å²) in [6.45, 7) is 19.4. The van der Waals surface area contributed by atoms with Crippen LogP contribution in [0.2, 0.25) is 0 Å². The van der Waals surface area contributed by atoms with E-state index in [0.717, 1.165) is 225 Å². The molecule has 0 bridgehead atoms. The van der Waals surface area contributed by atoms with E-state index in [0.29, 0.717) is 16.7 Å². The highest BCUT2D eigenvalue weighted by Crippen LogP contribution is 2.53. The molecule has 4 heterocycles. The lowest BCUT2D eigenvalue weighted by Gasteiger charge is -2.37. The molecule has 0 aliphatic carbocycles. The van der Waals surface area contributed by atoms with Gasteiger partial charge in [0.15, 0.2) is 0 Å². The van der Waals surface area contributed by atoms with Gasteiger partial charge in [-0.2, -0.15) is 0 Å². The number of hydrogen-bond donors (Lipinski definition) is 0. The molecule has 1 unspecified atom stereocenters. The third-order valence-corrected chi connectivity index (χ3v) is 22.5. The molecule has 4 amide bonds. The molecular formula is C83H96N4O4. The number of carbonyl (C=O) groups is 4. The molecule has 14 rings (SSSR count). The second-order valence-corrected chi connectivity index (χ2v) is 28.1. The van der Waals surface area contributed by atoms with Gasteiger partial charge in [-0.1, -0.05) is 211 Å². The quantitative estimate of drug-likeness (QED) is 0.0177. The van der Waals surface area contributed by atoms with Crippen LogP contribution in [0, 0.1) is 0 Å². The van der Waals surface area contributed by atoms with Gasteiger partial charge in [0.25, 0.3) is 17.7 Å². The molecule has 10 aromatic rings. The van der Waals surface area contributed by atoms with Crippen molar-refractivity contribution in [1.82, 2.24) is 9.80 Å². The number of imide groups is 2. The maximum Gasteiger partial charge on any atom is 0.263 e. The molecule has 10 aromatic carbocycles. The number of rotatable bonds is 26. The molecule has 1 atom stereocenters. The van der Waals surface area contributed by atoms with E-state index in [1.165, 1.54) is 98.8 Å². The summed E-state index contributed by atoms with van der Waals surface area (Å²) in [6.07, 6.45) is 31.6. The summed E-state index contributed by atoms with van der Waals surface area (Å²) in [5, 5.41) is 21.8. The first kappa shape index (κ1) is 61.2. The van der Waals surface area contributed by atoms with Crippen molar-refractivity contribution < 1.29 is 19.2 Å². The third kappa shape index (κ3) is 10.3. The van der Waals surface area contributed by atoms with Crippen LogP contribution in [0.25, 0.3) is 109 Å². The van der Waals surface area contributed by atoms with Gasteiger partial charge in [0.2, 0.25) is 5.91 Å². The molecule has 0 aromatic heterocycles. The topological polar surface area (TPSA) is 81.2 Å². The number of nitrogens with zero attached hydrogens (tertiary/aromatic N) is 4. The number of fused-ring (bicyclic) bond motifs is 8. The minimum Gasteiger partial charge on any atom is -0.371 e. The minimum absolute atomic E-state index is 0.0462. The fourth-order valence-corrected chi connectivity index (χ4v) is 18.0. The van der Waals surface area contributed by atoms with E-state index < -0.39 is 0 Å². The maximum absolute atomic E-state index is 15.8. The fraction of sp³-hybridized carbons (Fsp3) is 0.470. The van der Waals surface area contributed by atoms with Crippen molar-refractivity contribution in [1.29, 1.82) is 0 Å². The summed E-state index contributed by atoms with van der Waals surface area (Å²) in [5.41, 5.74) is 5.58.